The van der Waals surface area contributed by atoms with E-state index in [1.54, 1.807) is 6.92 Å². The monoisotopic (exact) mass is 232 g/mol. The van der Waals surface area contributed by atoms with Gasteiger partial charge in [0.25, 0.3) is 0 Å². The maximum Gasteiger partial charge on any atom is 0.223 e. The molecule has 1 unspecified atom stereocenters. The first-order valence-electron chi connectivity index (χ1n) is 6.30. The fraction of sp³-hybridized carbons (Fsp3) is 0.500. The summed E-state index contributed by atoms with van der Waals surface area (Å²) in [5.74, 6) is 0.124. The molecule has 92 valence electrons. The Kier molecular flexibility index (Phi) is 3.48. The van der Waals surface area contributed by atoms with E-state index in [2.05, 4.69) is 13.0 Å². The van der Waals surface area contributed by atoms with E-state index in [1.807, 2.05) is 17.0 Å². The van der Waals surface area contributed by atoms with Crippen LogP contribution in [0, 0.1) is 0 Å². The number of fused-ring (bicyclic) bond motifs is 1. The molecule has 0 spiro atoms. The average Bonchev–Trinajstić information content (AvgIpc) is 2.36. The van der Waals surface area contributed by atoms with Crippen molar-refractivity contribution in [3.63, 3.8) is 0 Å². The molecule has 0 saturated carbocycles. The van der Waals surface area contributed by atoms with Crippen LogP contribution in [0.3, 0.4) is 0 Å². The first kappa shape index (κ1) is 12.1. The number of aryl methyl sites for hydroxylation is 1. The van der Waals surface area contributed by atoms with Gasteiger partial charge in [-0.15, -0.1) is 0 Å². The highest BCUT2D eigenvalue weighted by Crippen LogP contribution is 2.29. The van der Waals surface area contributed by atoms with Crippen molar-refractivity contribution in [1.82, 2.24) is 0 Å². The van der Waals surface area contributed by atoms with Gasteiger partial charge < -0.3 is 10.6 Å². The highest BCUT2D eigenvalue weighted by atomic mass is 16.2. The Balaban J connectivity index is 2.36. The fourth-order valence-electron chi connectivity index (χ4n) is 2.41. The number of amides is 1. The minimum Gasteiger partial charge on any atom is -0.324 e. The first-order valence-corrected chi connectivity index (χ1v) is 6.30. The van der Waals surface area contributed by atoms with Gasteiger partial charge in [-0.25, -0.2) is 0 Å². The van der Waals surface area contributed by atoms with Crippen LogP contribution in [0.15, 0.2) is 18.2 Å². The SMILES string of the molecule is CCC(N)c1ccc2c(c1)CCCN2C(C)=O. The molecule has 1 atom stereocenters. The normalized spacial score (nSPS) is 16.5. The lowest BCUT2D eigenvalue weighted by Crippen LogP contribution is -2.33. The van der Waals surface area contributed by atoms with Crippen molar-refractivity contribution in [3.05, 3.63) is 29.3 Å². The van der Waals surface area contributed by atoms with Gasteiger partial charge in [-0.1, -0.05) is 19.1 Å². The Morgan fingerprint density at radius 3 is 2.94 bits per heavy atom. The lowest BCUT2D eigenvalue weighted by Gasteiger charge is -2.29. The standard InChI is InChI=1S/C14H20N2O/c1-3-13(15)11-6-7-14-12(9-11)5-4-8-16(14)10(2)17/h6-7,9,13H,3-5,8,15H2,1-2H3. The zero-order valence-corrected chi connectivity index (χ0v) is 10.6. The summed E-state index contributed by atoms with van der Waals surface area (Å²) in [4.78, 5) is 13.4. The zero-order chi connectivity index (χ0) is 12.4. The molecule has 1 aliphatic heterocycles. The van der Waals surface area contributed by atoms with E-state index in [-0.39, 0.29) is 11.9 Å². The first-order chi connectivity index (χ1) is 8.13. The molecule has 1 heterocycles. The van der Waals surface area contributed by atoms with Gasteiger partial charge >= 0.3 is 0 Å². The minimum absolute atomic E-state index is 0.105. The van der Waals surface area contributed by atoms with Crippen LogP contribution in [0.5, 0.6) is 0 Å². The van der Waals surface area contributed by atoms with Gasteiger partial charge in [0.15, 0.2) is 0 Å². The van der Waals surface area contributed by atoms with Crippen molar-refractivity contribution in [2.45, 2.75) is 39.2 Å². The fourth-order valence-corrected chi connectivity index (χ4v) is 2.41. The van der Waals surface area contributed by atoms with Crippen molar-refractivity contribution in [2.24, 2.45) is 5.73 Å². The van der Waals surface area contributed by atoms with Crippen molar-refractivity contribution in [1.29, 1.82) is 0 Å². The van der Waals surface area contributed by atoms with E-state index in [9.17, 15) is 4.79 Å². The molecule has 0 aliphatic carbocycles. The van der Waals surface area contributed by atoms with Gasteiger partial charge in [-0.3, -0.25) is 4.79 Å². The van der Waals surface area contributed by atoms with Gasteiger partial charge in [0.1, 0.15) is 0 Å². The van der Waals surface area contributed by atoms with E-state index in [0.717, 1.165) is 31.5 Å². The summed E-state index contributed by atoms with van der Waals surface area (Å²) >= 11 is 0. The summed E-state index contributed by atoms with van der Waals surface area (Å²) in [5, 5.41) is 0. The predicted molar refractivity (Wildman–Crippen MR) is 70.0 cm³/mol. The molecule has 1 amide bonds. The maximum atomic E-state index is 11.5. The summed E-state index contributed by atoms with van der Waals surface area (Å²) in [5.41, 5.74) is 9.54. The molecule has 1 aromatic carbocycles. The molecule has 0 bridgehead atoms. The molecule has 0 saturated heterocycles. The Labute approximate surface area is 103 Å². The minimum atomic E-state index is 0.105. The van der Waals surface area contributed by atoms with Crippen molar-refractivity contribution in [3.8, 4) is 0 Å². The van der Waals surface area contributed by atoms with Crippen LogP contribution in [-0.2, 0) is 11.2 Å². The Hall–Kier alpha value is -1.35. The molecule has 2 N–H and O–H groups in total. The smallest absolute Gasteiger partial charge is 0.223 e. The molecule has 1 aliphatic rings. The lowest BCUT2D eigenvalue weighted by molar-refractivity contribution is -0.116. The number of benzene rings is 1. The molecule has 0 radical (unpaired) electrons. The number of carbonyl (C=O) groups excluding carboxylic acids is 1. The third-order valence-corrected chi connectivity index (χ3v) is 3.47. The Morgan fingerprint density at radius 1 is 1.53 bits per heavy atom. The van der Waals surface area contributed by atoms with Gasteiger partial charge in [0.05, 0.1) is 0 Å². The summed E-state index contributed by atoms with van der Waals surface area (Å²) in [6, 6.07) is 6.36. The maximum absolute atomic E-state index is 11.5. The Morgan fingerprint density at radius 2 is 2.29 bits per heavy atom. The van der Waals surface area contributed by atoms with Crippen LogP contribution in [0.1, 0.15) is 43.9 Å². The number of nitrogens with zero attached hydrogens (tertiary/aromatic N) is 1. The summed E-state index contributed by atoms with van der Waals surface area (Å²) in [6.45, 7) is 4.55. The van der Waals surface area contributed by atoms with Crippen LogP contribution < -0.4 is 10.6 Å². The number of nitrogens with two attached hydrogens (primary N) is 1. The Bertz CT molecular complexity index is 428. The van der Waals surface area contributed by atoms with E-state index < -0.39 is 0 Å². The van der Waals surface area contributed by atoms with E-state index >= 15 is 0 Å². The topological polar surface area (TPSA) is 46.3 Å². The highest BCUT2D eigenvalue weighted by Gasteiger charge is 2.20. The zero-order valence-electron chi connectivity index (χ0n) is 10.6. The van der Waals surface area contributed by atoms with E-state index in [0.29, 0.717) is 0 Å². The quantitative estimate of drug-likeness (QED) is 0.851. The summed E-state index contributed by atoms with van der Waals surface area (Å²) in [6.07, 6.45) is 3.02. The second kappa shape index (κ2) is 4.88. The molecule has 0 fully saturated rings. The highest BCUT2D eigenvalue weighted by molar-refractivity contribution is 5.92. The molecule has 1 aromatic rings. The van der Waals surface area contributed by atoms with Crippen LogP contribution >= 0.6 is 0 Å². The number of hydrogen-bond acceptors (Lipinski definition) is 2. The van der Waals surface area contributed by atoms with Crippen LogP contribution in [-0.4, -0.2) is 12.5 Å². The number of carbonyl (C=O) groups is 1. The third kappa shape index (κ3) is 2.34. The van der Waals surface area contributed by atoms with Crippen molar-refractivity contribution < 1.29 is 4.79 Å². The summed E-state index contributed by atoms with van der Waals surface area (Å²) < 4.78 is 0. The van der Waals surface area contributed by atoms with Crippen LogP contribution in [0.2, 0.25) is 0 Å². The van der Waals surface area contributed by atoms with E-state index in [4.69, 9.17) is 5.73 Å². The molecular formula is C14H20N2O. The summed E-state index contributed by atoms with van der Waals surface area (Å²) in [7, 11) is 0. The molecule has 2 rings (SSSR count). The second-order valence-electron chi connectivity index (χ2n) is 4.68. The predicted octanol–water partition coefficient (Wildman–Crippen LogP) is 2.40. The molecule has 0 aromatic heterocycles. The molecular weight excluding hydrogens is 212 g/mol. The van der Waals surface area contributed by atoms with Gasteiger partial charge in [0, 0.05) is 25.2 Å². The van der Waals surface area contributed by atoms with Gasteiger partial charge in [0.2, 0.25) is 5.91 Å². The number of rotatable bonds is 2. The lowest BCUT2D eigenvalue weighted by atomic mass is 9.96. The van der Waals surface area contributed by atoms with Crippen LogP contribution in [0.4, 0.5) is 5.69 Å². The van der Waals surface area contributed by atoms with Crippen molar-refractivity contribution >= 4 is 11.6 Å². The van der Waals surface area contributed by atoms with Crippen molar-refractivity contribution in [2.75, 3.05) is 11.4 Å². The molecule has 3 nitrogen and oxygen atoms in total. The largest absolute Gasteiger partial charge is 0.324 e. The number of anilines is 1. The third-order valence-electron chi connectivity index (χ3n) is 3.47. The van der Waals surface area contributed by atoms with Gasteiger partial charge in [-0.05, 0) is 36.5 Å². The average molecular weight is 232 g/mol. The van der Waals surface area contributed by atoms with Gasteiger partial charge in [-0.2, -0.15) is 0 Å². The van der Waals surface area contributed by atoms with E-state index in [1.165, 1.54) is 11.1 Å². The molecule has 17 heavy (non-hydrogen) atoms. The second-order valence-corrected chi connectivity index (χ2v) is 4.68. The number of hydrogen-bond donors (Lipinski definition) is 1. The molecule has 3 heteroatoms. The van der Waals surface area contributed by atoms with Crippen LogP contribution in [0.25, 0.3) is 0 Å².